The number of fused-ring (bicyclic) bond motifs is 1. The zero-order chi connectivity index (χ0) is 13.5. The average Bonchev–Trinajstić information content (AvgIpc) is 2.38. The van der Waals surface area contributed by atoms with Gasteiger partial charge in [0, 0.05) is 29.9 Å². The van der Waals surface area contributed by atoms with Crippen LogP contribution < -0.4 is 5.73 Å². The summed E-state index contributed by atoms with van der Waals surface area (Å²) in [6.07, 6.45) is 0.837. The van der Waals surface area contributed by atoms with Gasteiger partial charge in [-0.1, -0.05) is 11.8 Å². The number of benzene rings is 1. The summed E-state index contributed by atoms with van der Waals surface area (Å²) in [4.78, 5) is 4.51. The predicted molar refractivity (Wildman–Crippen MR) is 72.7 cm³/mol. The van der Waals surface area contributed by atoms with E-state index in [2.05, 4.69) is 4.99 Å². The Morgan fingerprint density at radius 2 is 2.37 bits per heavy atom. The van der Waals surface area contributed by atoms with E-state index in [1.165, 1.54) is 17.8 Å². The number of hydrogen-bond donors (Lipinski definition) is 2. The van der Waals surface area contributed by atoms with E-state index >= 15 is 0 Å². The summed E-state index contributed by atoms with van der Waals surface area (Å²) in [5.41, 5.74) is 5.54. The third-order valence-electron chi connectivity index (χ3n) is 3.77. The van der Waals surface area contributed by atoms with E-state index in [-0.39, 0.29) is 11.7 Å². The number of nitrogens with two attached hydrogens (primary N) is 1. The number of hydrogen-bond acceptors (Lipinski definition) is 5. The van der Waals surface area contributed by atoms with Gasteiger partial charge in [-0.3, -0.25) is 0 Å². The molecule has 0 spiro atoms. The van der Waals surface area contributed by atoms with E-state index in [9.17, 15) is 9.50 Å². The van der Waals surface area contributed by atoms with Crippen LogP contribution in [0.2, 0.25) is 0 Å². The molecule has 0 radical (unpaired) electrons. The van der Waals surface area contributed by atoms with Gasteiger partial charge in [-0.05, 0) is 18.6 Å². The zero-order valence-corrected chi connectivity index (χ0v) is 11.1. The van der Waals surface area contributed by atoms with Crippen LogP contribution in [0.5, 0.6) is 5.75 Å². The molecule has 2 aliphatic rings. The highest BCUT2D eigenvalue weighted by Gasteiger charge is 2.47. The third kappa shape index (κ3) is 2.08. The fourth-order valence-corrected chi connectivity index (χ4v) is 3.82. The summed E-state index contributed by atoms with van der Waals surface area (Å²) in [6, 6.07) is 4.18. The highest BCUT2D eigenvalue weighted by Crippen LogP contribution is 2.45. The van der Waals surface area contributed by atoms with Gasteiger partial charge >= 0.3 is 0 Å². The molecule has 1 aromatic rings. The summed E-state index contributed by atoms with van der Waals surface area (Å²) < 4.78 is 19.7. The Bertz CT molecular complexity index is 537. The number of rotatable bonds is 1. The van der Waals surface area contributed by atoms with Crippen molar-refractivity contribution in [3.63, 3.8) is 0 Å². The lowest BCUT2D eigenvalue weighted by atomic mass is 9.76. The third-order valence-corrected chi connectivity index (χ3v) is 4.73. The van der Waals surface area contributed by atoms with E-state index in [0.717, 1.165) is 18.2 Å². The first-order valence-electron chi connectivity index (χ1n) is 6.17. The SMILES string of the molecule is NC1=NC2(c3ccc(O)cc3F)COCC[C@H]2CS1. The number of aliphatic imine (C=N–C) groups is 1. The number of nitrogens with zero attached hydrogens (tertiary/aromatic N) is 1. The van der Waals surface area contributed by atoms with Crippen molar-refractivity contribution in [1.29, 1.82) is 0 Å². The Labute approximate surface area is 114 Å². The van der Waals surface area contributed by atoms with Crippen LogP contribution in [-0.4, -0.2) is 29.2 Å². The second kappa shape index (κ2) is 4.68. The number of amidine groups is 1. The zero-order valence-electron chi connectivity index (χ0n) is 10.3. The molecule has 1 aromatic carbocycles. The van der Waals surface area contributed by atoms with Gasteiger partial charge in [0.1, 0.15) is 17.1 Å². The molecule has 3 rings (SSSR count). The van der Waals surface area contributed by atoms with Gasteiger partial charge in [0.25, 0.3) is 0 Å². The molecule has 102 valence electrons. The second-order valence-electron chi connectivity index (χ2n) is 4.89. The van der Waals surface area contributed by atoms with E-state index in [4.69, 9.17) is 10.5 Å². The van der Waals surface area contributed by atoms with E-state index in [1.807, 2.05) is 0 Å². The van der Waals surface area contributed by atoms with Crippen molar-refractivity contribution in [2.75, 3.05) is 19.0 Å². The molecule has 0 aliphatic carbocycles. The number of ether oxygens (including phenoxy) is 1. The Morgan fingerprint density at radius 3 is 3.16 bits per heavy atom. The summed E-state index contributed by atoms with van der Waals surface area (Å²) in [5.74, 6) is 0.476. The largest absolute Gasteiger partial charge is 0.508 e. The molecule has 3 N–H and O–H groups in total. The van der Waals surface area contributed by atoms with Crippen molar-refractivity contribution >= 4 is 16.9 Å². The quantitative estimate of drug-likeness (QED) is 0.824. The molecule has 2 atom stereocenters. The molecule has 2 heterocycles. The van der Waals surface area contributed by atoms with Crippen LogP contribution in [0.4, 0.5) is 4.39 Å². The molecule has 0 bridgehead atoms. The standard InChI is InChI=1S/C13H15FN2O2S/c14-11-5-9(17)1-2-10(11)13-7-18-4-3-8(13)6-19-12(15)16-13/h1-2,5,8,17H,3-4,6-7H2,(H2,15,16)/t8-,13?/m0/s1. The van der Waals surface area contributed by atoms with Crippen molar-refractivity contribution in [2.45, 2.75) is 12.0 Å². The van der Waals surface area contributed by atoms with Crippen molar-refractivity contribution in [3.8, 4) is 5.75 Å². The smallest absolute Gasteiger partial charge is 0.154 e. The molecular formula is C13H15FN2O2S. The molecule has 1 unspecified atom stereocenters. The first-order valence-corrected chi connectivity index (χ1v) is 7.15. The molecule has 1 fully saturated rings. The number of phenolic OH excluding ortho intramolecular Hbond substituents is 1. The molecular weight excluding hydrogens is 267 g/mol. The Balaban J connectivity index is 2.13. The highest BCUT2D eigenvalue weighted by atomic mass is 32.2. The lowest BCUT2D eigenvalue weighted by molar-refractivity contribution is 0.00298. The first kappa shape index (κ1) is 12.7. The summed E-state index contributed by atoms with van der Waals surface area (Å²) >= 11 is 1.51. The number of thioether (sulfide) groups is 1. The van der Waals surface area contributed by atoms with Crippen molar-refractivity contribution in [2.24, 2.45) is 16.6 Å². The fraction of sp³-hybridized carbons (Fsp3) is 0.462. The molecule has 2 aliphatic heterocycles. The van der Waals surface area contributed by atoms with Crippen molar-refractivity contribution in [1.82, 2.24) is 0 Å². The second-order valence-corrected chi connectivity index (χ2v) is 5.93. The average molecular weight is 282 g/mol. The first-order chi connectivity index (χ1) is 9.12. The lowest BCUT2D eigenvalue weighted by Gasteiger charge is -2.43. The molecule has 0 saturated carbocycles. The van der Waals surface area contributed by atoms with Gasteiger partial charge in [0.05, 0.1) is 6.61 Å². The molecule has 1 saturated heterocycles. The number of aromatic hydroxyl groups is 1. The summed E-state index contributed by atoms with van der Waals surface area (Å²) in [6.45, 7) is 1.00. The van der Waals surface area contributed by atoms with Crippen LogP contribution in [0.25, 0.3) is 0 Å². The minimum atomic E-state index is -0.745. The van der Waals surface area contributed by atoms with Crippen LogP contribution in [-0.2, 0) is 10.3 Å². The molecule has 19 heavy (non-hydrogen) atoms. The van der Waals surface area contributed by atoms with E-state index < -0.39 is 11.4 Å². The van der Waals surface area contributed by atoms with Crippen LogP contribution in [0.15, 0.2) is 23.2 Å². The lowest BCUT2D eigenvalue weighted by Crippen LogP contribution is -2.48. The Hall–Kier alpha value is -1.27. The van der Waals surface area contributed by atoms with Gasteiger partial charge in [-0.15, -0.1) is 0 Å². The summed E-state index contributed by atoms with van der Waals surface area (Å²) in [7, 11) is 0. The molecule has 0 amide bonds. The van der Waals surface area contributed by atoms with Crippen LogP contribution >= 0.6 is 11.8 Å². The highest BCUT2D eigenvalue weighted by molar-refractivity contribution is 8.13. The van der Waals surface area contributed by atoms with E-state index in [1.54, 1.807) is 6.07 Å². The monoisotopic (exact) mass is 282 g/mol. The van der Waals surface area contributed by atoms with Crippen LogP contribution in [0, 0.1) is 11.7 Å². The van der Waals surface area contributed by atoms with Gasteiger partial charge < -0.3 is 15.6 Å². The maximum absolute atomic E-state index is 14.2. The molecule has 0 aromatic heterocycles. The number of phenols is 1. The predicted octanol–water partition coefficient (Wildman–Crippen LogP) is 1.82. The van der Waals surface area contributed by atoms with Crippen LogP contribution in [0.3, 0.4) is 0 Å². The molecule has 6 heteroatoms. The van der Waals surface area contributed by atoms with E-state index in [0.29, 0.717) is 23.9 Å². The normalized spacial score (nSPS) is 30.6. The number of halogens is 1. The minimum absolute atomic E-state index is 0.0898. The maximum atomic E-state index is 14.2. The Morgan fingerprint density at radius 1 is 1.53 bits per heavy atom. The van der Waals surface area contributed by atoms with Crippen LogP contribution in [0.1, 0.15) is 12.0 Å². The topological polar surface area (TPSA) is 67.8 Å². The van der Waals surface area contributed by atoms with Crippen molar-refractivity contribution in [3.05, 3.63) is 29.6 Å². The van der Waals surface area contributed by atoms with Gasteiger partial charge in [-0.2, -0.15) is 0 Å². The van der Waals surface area contributed by atoms with Gasteiger partial charge in [-0.25, -0.2) is 9.38 Å². The van der Waals surface area contributed by atoms with Gasteiger partial charge in [0.2, 0.25) is 0 Å². The van der Waals surface area contributed by atoms with Crippen molar-refractivity contribution < 1.29 is 14.2 Å². The summed E-state index contributed by atoms with van der Waals surface area (Å²) in [5, 5.41) is 9.81. The molecule has 4 nitrogen and oxygen atoms in total. The Kier molecular flexibility index (Phi) is 3.14. The van der Waals surface area contributed by atoms with Gasteiger partial charge in [0.15, 0.2) is 5.17 Å². The maximum Gasteiger partial charge on any atom is 0.154 e. The fourth-order valence-electron chi connectivity index (χ4n) is 2.78. The minimum Gasteiger partial charge on any atom is -0.508 e.